The van der Waals surface area contributed by atoms with Gasteiger partial charge >= 0.3 is 5.97 Å². The molecule has 0 rings (SSSR count). The summed E-state index contributed by atoms with van der Waals surface area (Å²) in [4.78, 5) is 19.0. The van der Waals surface area contributed by atoms with Gasteiger partial charge in [-0.15, -0.1) is 0 Å². The first-order chi connectivity index (χ1) is 5.45. The number of rotatable bonds is 2. The highest BCUT2D eigenvalue weighted by molar-refractivity contribution is 5.87. The average molecular weight is 171 g/mol. The molecule has 0 spiro atoms. The largest absolute Gasteiger partial charge is 0.460 e. The fourth-order valence-electron chi connectivity index (χ4n) is 0.315. The van der Waals surface area contributed by atoms with E-state index in [2.05, 4.69) is 6.58 Å². The van der Waals surface area contributed by atoms with Gasteiger partial charge in [-0.3, -0.25) is 0 Å². The number of carbonyl (C=O) groups excluding carboxylic acids is 2. The maximum Gasteiger partial charge on any atom is 0.333 e. The zero-order chi connectivity index (χ0) is 10.1. The van der Waals surface area contributed by atoms with Crippen molar-refractivity contribution < 1.29 is 14.3 Å². The second-order valence-electron chi connectivity index (χ2n) is 2.34. The molecule has 0 aliphatic rings. The number of esters is 1. The molecule has 0 aromatic rings. The van der Waals surface area contributed by atoms with Gasteiger partial charge in [-0.2, -0.15) is 0 Å². The van der Waals surface area contributed by atoms with Crippen LogP contribution >= 0.6 is 0 Å². The summed E-state index contributed by atoms with van der Waals surface area (Å²) in [6, 6.07) is 0. The molecule has 4 nitrogen and oxygen atoms in total. The Morgan fingerprint density at radius 3 is 2.00 bits per heavy atom. The molecule has 0 aliphatic heterocycles. The maximum atomic E-state index is 10.6. The van der Waals surface area contributed by atoms with E-state index in [1.807, 2.05) is 0 Å². The minimum Gasteiger partial charge on any atom is -0.460 e. The summed E-state index contributed by atoms with van der Waals surface area (Å²) in [5, 5.41) is 5.40. The van der Waals surface area contributed by atoms with Crippen LogP contribution in [0.25, 0.3) is 0 Å². The summed E-state index contributed by atoms with van der Waals surface area (Å²) in [5.74, 6) is -0.315. The molecule has 0 amide bonds. The Morgan fingerprint density at radius 2 is 1.92 bits per heavy atom. The molecule has 0 bridgehead atoms. The van der Waals surface area contributed by atoms with Crippen LogP contribution in [-0.2, 0) is 14.3 Å². The number of hydrogen-bond donors (Lipinski definition) is 1. The first-order valence-corrected chi connectivity index (χ1v) is 3.36. The molecule has 12 heavy (non-hydrogen) atoms. The van der Waals surface area contributed by atoms with Gasteiger partial charge in [-0.1, -0.05) is 6.58 Å². The van der Waals surface area contributed by atoms with Crippen molar-refractivity contribution >= 4 is 12.0 Å². The van der Waals surface area contributed by atoms with Crippen LogP contribution in [0.2, 0.25) is 0 Å². The number of nitrogens with one attached hydrogen (secondary N) is 1. The molecule has 0 atom stereocenters. The summed E-state index contributed by atoms with van der Waals surface area (Å²) < 4.78 is 4.77. The number of ether oxygens (including phenoxy) is 1. The van der Waals surface area contributed by atoms with Crippen molar-refractivity contribution in [3.05, 3.63) is 12.2 Å². The second kappa shape index (κ2) is 7.69. The number of isocyanates is 1. The first-order valence-electron chi connectivity index (χ1n) is 3.36. The van der Waals surface area contributed by atoms with Gasteiger partial charge in [0.25, 0.3) is 0 Å². The number of hydrogen-bond acceptors (Lipinski definition) is 4. The standard InChI is InChI=1S/C7H12O2.CHNO/c1-5(2)7(8)9-6(3)4;2-1-3/h6H,1H2,2-4H3;2H. The second-order valence-corrected chi connectivity index (χ2v) is 2.34. The molecule has 0 aliphatic carbocycles. The predicted octanol–water partition coefficient (Wildman–Crippen LogP) is 1.42. The van der Waals surface area contributed by atoms with E-state index in [9.17, 15) is 4.79 Å². The van der Waals surface area contributed by atoms with E-state index < -0.39 is 0 Å². The third kappa shape index (κ3) is 11.4. The molecule has 0 saturated carbocycles. The van der Waals surface area contributed by atoms with Crippen molar-refractivity contribution in [3.8, 4) is 0 Å². The molecule has 0 heterocycles. The SMILES string of the molecule is C=C(C)C(=O)OC(C)C.N=C=O. The van der Waals surface area contributed by atoms with Gasteiger partial charge in [0.15, 0.2) is 0 Å². The number of carbonyl (C=O) groups is 1. The Balaban J connectivity index is 0. The lowest BCUT2D eigenvalue weighted by Crippen LogP contribution is -2.11. The van der Waals surface area contributed by atoms with Crippen LogP contribution in [0.3, 0.4) is 0 Å². The van der Waals surface area contributed by atoms with Gasteiger partial charge in [0.2, 0.25) is 6.08 Å². The Kier molecular flexibility index (Phi) is 8.46. The van der Waals surface area contributed by atoms with E-state index in [0.717, 1.165) is 6.08 Å². The van der Waals surface area contributed by atoms with Crippen molar-refractivity contribution in [2.75, 3.05) is 0 Å². The smallest absolute Gasteiger partial charge is 0.333 e. The average Bonchev–Trinajstić information content (AvgIpc) is 1.87. The van der Waals surface area contributed by atoms with E-state index in [0.29, 0.717) is 5.57 Å². The molecule has 0 aromatic carbocycles. The first kappa shape index (κ1) is 13.2. The summed E-state index contributed by atoms with van der Waals surface area (Å²) in [6.45, 7) is 8.68. The van der Waals surface area contributed by atoms with E-state index in [1.165, 1.54) is 0 Å². The van der Waals surface area contributed by atoms with E-state index in [4.69, 9.17) is 14.9 Å². The lowest BCUT2D eigenvalue weighted by atomic mass is 10.3. The molecule has 1 N–H and O–H groups in total. The van der Waals surface area contributed by atoms with Gasteiger partial charge in [0.05, 0.1) is 6.10 Å². The molecular weight excluding hydrogens is 158 g/mol. The topological polar surface area (TPSA) is 67.2 Å². The van der Waals surface area contributed by atoms with Gasteiger partial charge < -0.3 is 4.74 Å². The van der Waals surface area contributed by atoms with Crippen molar-refractivity contribution in [2.45, 2.75) is 26.9 Å². The summed E-state index contributed by atoms with van der Waals surface area (Å²) in [5.41, 5.74) is 0.448. The van der Waals surface area contributed by atoms with Crippen LogP contribution in [0.4, 0.5) is 0 Å². The van der Waals surface area contributed by atoms with Crippen LogP contribution in [0.15, 0.2) is 12.2 Å². The maximum absolute atomic E-state index is 10.6. The van der Waals surface area contributed by atoms with Crippen LogP contribution in [-0.4, -0.2) is 18.2 Å². The molecule has 4 heteroatoms. The fourth-order valence-corrected chi connectivity index (χ4v) is 0.315. The highest BCUT2D eigenvalue weighted by atomic mass is 16.5. The molecule has 0 saturated heterocycles. The highest BCUT2D eigenvalue weighted by Gasteiger charge is 2.03. The lowest BCUT2D eigenvalue weighted by molar-refractivity contribution is -0.142. The summed E-state index contributed by atoms with van der Waals surface area (Å²) >= 11 is 0. The molecule has 68 valence electrons. The van der Waals surface area contributed by atoms with Crippen LogP contribution in [0.1, 0.15) is 20.8 Å². The van der Waals surface area contributed by atoms with Crippen LogP contribution in [0, 0.1) is 5.41 Å². The van der Waals surface area contributed by atoms with E-state index in [1.54, 1.807) is 20.8 Å². The molecule has 0 aromatic heterocycles. The predicted molar refractivity (Wildman–Crippen MR) is 44.5 cm³/mol. The third-order valence-corrected chi connectivity index (χ3v) is 0.691. The Bertz CT molecular complexity index is 190. The summed E-state index contributed by atoms with van der Waals surface area (Å²) in [7, 11) is 0. The highest BCUT2D eigenvalue weighted by Crippen LogP contribution is 1.95. The van der Waals surface area contributed by atoms with Crippen molar-refractivity contribution in [2.24, 2.45) is 0 Å². The summed E-state index contributed by atoms with van der Waals surface area (Å²) in [6.07, 6.45) is 0.703. The van der Waals surface area contributed by atoms with Crippen LogP contribution < -0.4 is 0 Å². The molecular formula is C8H13NO3. The minimum absolute atomic E-state index is 0.0470. The third-order valence-electron chi connectivity index (χ3n) is 0.691. The molecule has 0 fully saturated rings. The van der Waals surface area contributed by atoms with Gasteiger partial charge in [-0.25, -0.2) is 15.0 Å². The monoisotopic (exact) mass is 171 g/mol. The van der Waals surface area contributed by atoms with Crippen LogP contribution in [0.5, 0.6) is 0 Å². The minimum atomic E-state index is -0.315. The molecule has 0 radical (unpaired) electrons. The normalized spacial score (nSPS) is 7.67. The van der Waals surface area contributed by atoms with E-state index in [-0.39, 0.29) is 12.1 Å². The van der Waals surface area contributed by atoms with Gasteiger partial charge in [0, 0.05) is 5.57 Å². The fraction of sp³-hybridized carbons (Fsp3) is 0.500. The zero-order valence-electron chi connectivity index (χ0n) is 7.51. The van der Waals surface area contributed by atoms with Crippen molar-refractivity contribution in [1.82, 2.24) is 0 Å². The Hall–Kier alpha value is -1.41. The Labute approximate surface area is 71.7 Å². The van der Waals surface area contributed by atoms with Gasteiger partial charge in [-0.05, 0) is 20.8 Å². The van der Waals surface area contributed by atoms with Crippen molar-refractivity contribution in [1.29, 1.82) is 5.41 Å². The van der Waals surface area contributed by atoms with Crippen molar-refractivity contribution in [3.63, 3.8) is 0 Å². The quantitative estimate of drug-likeness (QED) is 0.295. The molecule has 0 unspecified atom stereocenters. The zero-order valence-corrected chi connectivity index (χ0v) is 7.51. The lowest BCUT2D eigenvalue weighted by Gasteiger charge is -2.05. The van der Waals surface area contributed by atoms with E-state index >= 15 is 0 Å². The Morgan fingerprint density at radius 1 is 1.58 bits per heavy atom. The van der Waals surface area contributed by atoms with Gasteiger partial charge in [0.1, 0.15) is 0 Å².